The maximum atomic E-state index is 14.8. The molecular formula is C63H115N17O10. The first kappa shape index (κ1) is 81.0. The molecule has 0 fully saturated rings. The molecule has 11 atom stereocenters. The van der Waals surface area contributed by atoms with Crippen LogP contribution in [0.2, 0.25) is 0 Å². The Kier molecular flexibility index (Phi) is 40.1. The third-order valence-corrected chi connectivity index (χ3v) is 15.1. The van der Waals surface area contributed by atoms with Crippen molar-refractivity contribution in [1.29, 1.82) is 0 Å². The zero-order valence-corrected chi connectivity index (χ0v) is 55.5. The summed E-state index contributed by atoms with van der Waals surface area (Å²) in [6, 6.07) is -2.69. The number of primary amides is 1. The van der Waals surface area contributed by atoms with Gasteiger partial charge in [-0.1, -0.05) is 106 Å². The molecule has 23 N–H and O–H groups in total. The van der Waals surface area contributed by atoms with Gasteiger partial charge in [-0.3, -0.25) is 52.9 Å². The Balaban J connectivity index is 3.70. The van der Waals surface area contributed by atoms with Crippen LogP contribution in [0.4, 0.5) is 0 Å². The Labute approximate surface area is 534 Å². The summed E-state index contributed by atoms with van der Waals surface area (Å²) >= 11 is 0. The summed E-state index contributed by atoms with van der Waals surface area (Å²) in [5.41, 5.74) is 40.9. The fourth-order valence-corrected chi connectivity index (χ4v) is 9.95. The van der Waals surface area contributed by atoms with Crippen molar-refractivity contribution < 1.29 is 47.9 Å². The van der Waals surface area contributed by atoms with E-state index in [4.69, 9.17) is 40.1 Å². The van der Waals surface area contributed by atoms with Gasteiger partial charge in [-0.25, -0.2) is 0 Å². The average molecular weight is 1270 g/mol. The second kappa shape index (κ2) is 44.5. The van der Waals surface area contributed by atoms with E-state index in [-0.39, 0.29) is 107 Å². The lowest BCUT2D eigenvalue weighted by Gasteiger charge is -2.30. The fourth-order valence-electron chi connectivity index (χ4n) is 9.95. The summed E-state index contributed by atoms with van der Waals surface area (Å²) in [5.74, 6) is -7.67. The highest BCUT2D eigenvalue weighted by Crippen LogP contribution is 2.16. The minimum absolute atomic E-state index is 0.0202. The molecule has 10 amide bonds. The van der Waals surface area contributed by atoms with Crippen LogP contribution in [-0.2, 0) is 54.4 Å². The standard InChI is InChI=1S/C63H115N17O10/c1-11-41(10)52(62(90)74-46(27-17-20-30-66)55(83)72-44(25-15-18-28-64)56(84)77-50(35-40(8)9)59(87)75-47(53(68)81)32-37(2)3)80-61(89)51(36-42-22-13-12-14-23-42)79-57(85)45(26-16-19-29-65)73-58(86)49(34-39(6)7)78-60(88)48(33-38(4)5)76-54(82)43(67)24-21-31-71-63(69)70/h12-14,22-23,37-41,43-52H,11,15-21,24-36,64-67H2,1-10H3,(H2,68,81)(H,72,83)(H,73,86)(H,74,90)(H,75,87)(H,76,82)(H,77,84)(H,78,88)(H,79,85)(H,80,89)(H4,69,70,71)/t41-,43-,44-,45-,46-,47-,48-,49-,50-,51-,52-/m0/s1. The average Bonchev–Trinajstić information content (AvgIpc) is 2.58. The Hall–Kier alpha value is -6.97. The monoisotopic (exact) mass is 1270 g/mol. The van der Waals surface area contributed by atoms with E-state index in [1.165, 1.54) is 0 Å². The maximum Gasteiger partial charge on any atom is 0.243 e. The SMILES string of the molecule is CC[C@H](C)[C@H](NC(=O)[C@H](Cc1ccccc1)NC(=O)[C@H](CCCCN)NC(=O)[C@H](CC(C)C)NC(=O)[C@H](CC(C)C)NC(=O)[C@@H](N)CCCN=C(N)N)C(=O)N[C@@H](CCCCN)C(=O)N[C@@H](CCCCN)C(=O)N[C@@H](CC(C)C)C(=O)N[C@@H](CC(C)C)C(N)=O. The van der Waals surface area contributed by atoms with Crippen LogP contribution in [0.15, 0.2) is 35.3 Å². The topological polar surface area (TPSA) is 473 Å². The summed E-state index contributed by atoms with van der Waals surface area (Å²) < 4.78 is 0. The third kappa shape index (κ3) is 33.2. The summed E-state index contributed by atoms with van der Waals surface area (Å²) in [7, 11) is 0. The number of benzene rings is 1. The predicted octanol–water partition coefficient (Wildman–Crippen LogP) is 0.0760. The van der Waals surface area contributed by atoms with Crippen LogP contribution in [-0.4, -0.2) is 152 Å². The van der Waals surface area contributed by atoms with Gasteiger partial charge in [-0.2, -0.15) is 0 Å². The molecule has 27 nitrogen and oxygen atoms in total. The molecule has 0 unspecified atom stereocenters. The summed E-state index contributed by atoms with van der Waals surface area (Å²) in [6.45, 7) is 19.7. The number of aliphatic imine (C=N–C) groups is 1. The Morgan fingerprint density at radius 1 is 0.400 bits per heavy atom. The van der Waals surface area contributed by atoms with Crippen LogP contribution in [0.3, 0.4) is 0 Å². The van der Waals surface area contributed by atoms with Crippen LogP contribution in [0.5, 0.6) is 0 Å². The number of unbranched alkanes of at least 4 members (excludes halogenated alkanes) is 3. The zero-order valence-electron chi connectivity index (χ0n) is 55.5. The van der Waals surface area contributed by atoms with E-state index in [1.54, 1.807) is 37.3 Å². The molecule has 0 saturated carbocycles. The molecular weight excluding hydrogens is 1150 g/mol. The molecule has 1 rings (SSSR count). The van der Waals surface area contributed by atoms with Crippen molar-refractivity contribution in [1.82, 2.24) is 47.9 Å². The van der Waals surface area contributed by atoms with Crippen molar-refractivity contribution in [2.45, 2.75) is 239 Å². The first-order valence-corrected chi connectivity index (χ1v) is 32.5. The highest BCUT2D eigenvalue weighted by molar-refractivity contribution is 5.99. The van der Waals surface area contributed by atoms with Crippen LogP contribution in [0.25, 0.3) is 0 Å². The molecule has 0 radical (unpaired) electrons. The minimum atomic E-state index is -1.33. The van der Waals surface area contributed by atoms with Crippen molar-refractivity contribution in [3.63, 3.8) is 0 Å². The number of hydrogen-bond donors (Lipinski definition) is 16. The molecule has 0 aliphatic rings. The first-order valence-electron chi connectivity index (χ1n) is 32.5. The molecule has 27 heteroatoms. The van der Waals surface area contributed by atoms with Gasteiger partial charge in [0.2, 0.25) is 59.1 Å². The van der Waals surface area contributed by atoms with Crippen LogP contribution in [0.1, 0.15) is 178 Å². The quantitative estimate of drug-likeness (QED) is 0.0233. The molecule has 0 spiro atoms. The van der Waals surface area contributed by atoms with E-state index in [1.807, 2.05) is 62.3 Å². The van der Waals surface area contributed by atoms with Gasteiger partial charge in [-0.05, 0) is 151 Å². The van der Waals surface area contributed by atoms with E-state index in [9.17, 15) is 47.9 Å². The lowest BCUT2D eigenvalue weighted by atomic mass is 9.96. The molecule has 0 saturated heterocycles. The molecule has 90 heavy (non-hydrogen) atoms. The smallest absolute Gasteiger partial charge is 0.243 e. The zero-order chi connectivity index (χ0) is 68.0. The number of hydrogen-bond acceptors (Lipinski definition) is 15. The number of amides is 10. The number of nitrogens with one attached hydrogen (secondary N) is 9. The molecule has 512 valence electrons. The highest BCUT2D eigenvalue weighted by Gasteiger charge is 2.37. The minimum Gasteiger partial charge on any atom is -0.370 e. The second-order valence-corrected chi connectivity index (χ2v) is 25.4. The van der Waals surface area contributed by atoms with Crippen LogP contribution >= 0.6 is 0 Å². The number of nitrogens with two attached hydrogens (primary N) is 7. The van der Waals surface area contributed by atoms with Gasteiger partial charge >= 0.3 is 0 Å². The molecule has 1 aromatic rings. The summed E-state index contributed by atoms with van der Waals surface area (Å²) in [4.78, 5) is 145. The summed E-state index contributed by atoms with van der Waals surface area (Å²) in [5, 5.41) is 25.3. The first-order chi connectivity index (χ1) is 42.5. The van der Waals surface area contributed by atoms with Gasteiger partial charge in [0, 0.05) is 13.0 Å². The van der Waals surface area contributed by atoms with Crippen molar-refractivity contribution in [3.8, 4) is 0 Å². The fraction of sp³-hybridized carbons (Fsp3) is 0.730. The molecule has 0 aliphatic heterocycles. The van der Waals surface area contributed by atoms with Crippen molar-refractivity contribution in [2.24, 2.45) is 74.7 Å². The Morgan fingerprint density at radius 2 is 0.733 bits per heavy atom. The van der Waals surface area contributed by atoms with E-state index in [0.717, 1.165) is 0 Å². The predicted molar refractivity (Wildman–Crippen MR) is 351 cm³/mol. The number of carbonyl (C=O) groups is 10. The van der Waals surface area contributed by atoms with Crippen molar-refractivity contribution in [3.05, 3.63) is 35.9 Å². The molecule has 1 aromatic carbocycles. The van der Waals surface area contributed by atoms with Gasteiger partial charge in [0.1, 0.15) is 54.4 Å². The van der Waals surface area contributed by atoms with E-state index in [2.05, 4.69) is 52.8 Å². The second-order valence-electron chi connectivity index (χ2n) is 25.4. The number of carbonyl (C=O) groups excluding carboxylic acids is 10. The summed E-state index contributed by atoms with van der Waals surface area (Å²) in [6.07, 6.45) is 4.82. The van der Waals surface area contributed by atoms with Gasteiger partial charge in [-0.15, -0.1) is 0 Å². The lowest BCUT2D eigenvalue weighted by Crippen LogP contribution is -2.61. The van der Waals surface area contributed by atoms with E-state index < -0.39 is 125 Å². The van der Waals surface area contributed by atoms with E-state index >= 15 is 0 Å². The maximum absolute atomic E-state index is 14.8. The van der Waals surface area contributed by atoms with Gasteiger partial charge < -0.3 is 88.0 Å². The van der Waals surface area contributed by atoms with E-state index in [0.29, 0.717) is 63.5 Å². The normalized spacial score (nSPS) is 15.1. The van der Waals surface area contributed by atoms with Crippen LogP contribution in [0, 0.1) is 29.6 Å². The van der Waals surface area contributed by atoms with Gasteiger partial charge in [0.05, 0.1) is 6.04 Å². The largest absolute Gasteiger partial charge is 0.370 e. The Bertz CT molecular complexity index is 2390. The highest BCUT2D eigenvalue weighted by atomic mass is 16.2. The Morgan fingerprint density at radius 3 is 1.10 bits per heavy atom. The van der Waals surface area contributed by atoms with Crippen molar-refractivity contribution in [2.75, 3.05) is 26.2 Å². The number of rotatable bonds is 47. The van der Waals surface area contributed by atoms with Gasteiger partial charge in [0.15, 0.2) is 5.96 Å². The van der Waals surface area contributed by atoms with Gasteiger partial charge in [0.25, 0.3) is 0 Å². The molecule has 0 bridgehead atoms. The lowest BCUT2D eigenvalue weighted by molar-refractivity contribution is -0.136. The number of guanidine groups is 1. The molecule has 0 aromatic heterocycles. The molecule has 0 aliphatic carbocycles. The van der Waals surface area contributed by atoms with Crippen molar-refractivity contribution >= 4 is 65.0 Å². The third-order valence-electron chi connectivity index (χ3n) is 15.1. The molecule has 0 heterocycles. The number of nitrogens with zero attached hydrogens (tertiary/aromatic N) is 1. The van der Waals surface area contributed by atoms with Crippen LogP contribution < -0.4 is 88.0 Å².